The molecule has 1 aromatic heterocycles. The number of aromatic nitrogens is 1. The average molecular weight is 296 g/mol. The lowest BCUT2D eigenvalue weighted by Gasteiger charge is -2.12. The number of ether oxygens (including phenoxy) is 3. The number of esters is 1. The molecule has 20 heavy (non-hydrogen) atoms. The van der Waals surface area contributed by atoms with Gasteiger partial charge >= 0.3 is 24.0 Å². The Morgan fingerprint density at radius 3 is 2.40 bits per heavy atom. The van der Waals surface area contributed by atoms with E-state index in [0.29, 0.717) is 6.07 Å². The number of rotatable bonds is 4. The first-order valence-corrected chi connectivity index (χ1v) is 4.77. The quantitative estimate of drug-likeness (QED) is 0.473. The molecule has 110 valence electrons. The van der Waals surface area contributed by atoms with E-state index in [4.69, 9.17) is 0 Å². The van der Waals surface area contributed by atoms with Crippen molar-refractivity contribution in [1.82, 2.24) is 4.98 Å². The highest BCUT2D eigenvalue weighted by molar-refractivity contribution is 5.96. The van der Waals surface area contributed by atoms with Gasteiger partial charge in [0.05, 0.1) is 20.3 Å². The van der Waals surface area contributed by atoms with Crippen molar-refractivity contribution in [3.05, 3.63) is 21.7 Å². The van der Waals surface area contributed by atoms with Crippen LogP contribution in [0.15, 0.2) is 6.07 Å². The number of alkyl halides is 3. The van der Waals surface area contributed by atoms with E-state index in [1.807, 2.05) is 0 Å². The number of hydrogen-bond acceptors (Lipinski definition) is 7. The standard InChI is InChI=1S/C9H7F3N2O6/c1-18-5-3-4(20-9(10,11)12)6(8(15)19-2)7(13-5)14(16)17/h3H,1-2H3. The predicted molar refractivity (Wildman–Crippen MR) is 55.5 cm³/mol. The van der Waals surface area contributed by atoms with Crippen molar-refractivity contribution >= 4 is 11.8 Å². The van der Waals surface area contributed by atoms with Crippen molar-refractivity contribution < 1.29 is 37.1 Å². The molecule has 0 unspecified atom stereocenters. The van der Waals surface area contributed by atoms with Gasteiger partial charge in [0, 0.05) is 4.98 Å². The monoisotopic (exact) mass is 296 g/mol. The smallest absolute Gasteiger partial charge is 0.465 e. The predicted octanol–water partition coefficient (Wildman–Crippen LogP) is 1.68. The summed E-state index contributed by atoms with van der Waals surface area (Å²) in [6, 6.07) is 0.590. The molecule has 0 atom stereocenters. The van der Waals surface area contributed by atoms with Crippen LogP contribution in [-0.4, -0.2) is 36.5 Å². The summed E-state index contributed by atoms with van der Waals surface area (Å²) in [5.74, 6) is -4.23. The zero-order valence-electron chi connectivity index (χ0n) is 10.1. The van der Waals surface area contributed by atoms with Crippen LogP contribution in [0, 0.1) is 10.1 Å². The Kier molecular flexibility index (Phi) is 4.32. The highest BCUT2D eigenvalue weighted by Crippen LogP contribution is 2.34. The Balaban J connectivity index is 3.55. The summed E-state index contributed by atoms with van der Waals surface area (Å²) in [5, 5.41) is 10.8. The van der Waals surface area contributed by atoms with Crippen molar-refractivity contribution in [3.8, 4) is 11.6 Å². The van der Waals surface area contributed by atoms with Crippen molar-refractivity contribution in [2.45, 2.75) is 6.36 Å². The molecule has 1 heterocycles. The molecule has 0 N–H and O–H groups in total. The lowest BCUT2D eigenvalue weighted by molar-refractivity contribution is -0.390. The van der Waals surface area contributed by atoms with E-state index in [9.17, 15) is 28.1 Å². The van der Waals surface area contributed by atoms with E-state index in [-0.39, 0.29) is 0 Å². The third-order valence-corrected chi connectivity index (χ3v) is 1.94. The summed E-state index contributed by atoms with van der Waals surface area (Å²) in [4.78, 5) is 24.3. The molecule has 0 aliphatic heterocycles. The van der Waals surface area contributed by atoms with Crippen LogP contribution in [0.5, 0.6) is 11.6 Å². The molecule has 0 amide bonds. The second-order valence-corrected chi connectivity index (χ2v) is 3.16. The summed E-state index contributed by atoms with van der Waals surface area (Å²) in [6.45, 7) is 0. The molecule has 0 fully saturated rings. The summed E-state index contributed by atoms with van der Waals surface area (Å²) in [7, 11) is 1.87. The van der Waals surface area contributed by atoms with E-state index in [2.05, 4.69) is 19.2 Å². The number of pyridine rings is 1. The first-order valence-electron chi connectivity index (χ1n) is 4.77. The third kappa shape index (κ3) is 3.46. The molecule has 0 saturated carbocycles. The Hall–Kier alpha value is -2.59. The van der Waals surface area contributed by atoms with E-state index >= 15 is 0 Å². The molecule has 0 aliphatic rings. The van der Waals surface area contributed by atoms with Crippen LogP contribution in [0.3, 0.4) is 0 Å². The molecule has 1 aromatic rings. The summed E-state index contributed by atoms with van der Waals surface area (Å²) in [5.41, 5.74) is -1.06. The maximum Gasteiger partial charge on any atom is 0.573 e. The Labute approximate surface area is 109 Å². The molecule has 0 aliphatic carbocycles. The molecule has 0 radical (unpaired) electrons. The van der Waals surface area contributed by atoms with Crippen LogP contribution in [-0.2, 0) is 4.74 Å². The van der Waals surface area contributed by atoms with Gasteiger partial charge in [0.1, 0.15) is 0 Å². The zero-order chi connectivity index (χ0) is 15.5. The summed E-state index contributed by atoms with van der Waals surface area (Å²) in [6.07, 6.45) is -5.16. The topological polar surface area (TPSA) is 101 Å². The Morgan fingerprint density at radius 1 is 1.40 bits per heavy atom. The fourth-order valence-corrected chi connectivity index (χ4v) is 1.22. The molecule has 11 heteroatoms. The van der Waals surface area contributed by atoms with Crippen LogP contribution in [0.2, 0.25) is 0 Å². The average Bonchev–Trinajstić information content (AvgIpc) is 2.34. The van der Waals surface area contributed by atoms with Crippen molar-refractivity contribution in [3.63, 3.8) is 0 Å². The van der Waals surface area contributed by atoms with Crippen molar-refractivity contribution in [1.29, 1.82) is 0 Å². The van der Waals surface area contributed by atoms with Crippen LogP contribution in [0.1, 0.15) is 10.4 Å². The number of carbonyl (C=O) groups excluding carboxylic acids is 1. The highest BCUT2D eigenvalue weighted by atomic mass is 19.4. The third-order valence-electron chi connectivity index (χ3n) is 1.94. The highest BCUT2D eigenvalue weighted by Gasteiger charge is 2.38. The number of hydrogen-bond donors (Lipinski definition) is 0. The van der Waals surface area contributed by atoms with Gasteiger partial charge in [0.15, 0.2) is 11.3 Å². The number of carbonyl (C=O) groups is 1. The Bertz CT molecular complexity index is 545. The van der Waals surface area contributed by atoms with E-state index in [1.165, 1.54) is 0 Å². The van der Waals surface area contributed by atoms with Crippen LogP contribution in [0.4, 0.5) is 19.0 Å². The minimum absolute atomic E-state index is 0.524. The van der Waals surface area contributed by atoms with Gasteiger partial charge in [0.25, 0.3) is 0 Å². The fraction of sp³-hybridized carbons (Fsp3) is 0.333. The summed E-state index contributed by atoms with van der Waals surface area (Å²) < 4.78 is 49.0. The van der Waals surface area contributed by atoms with E-state index in [1.54, 1.807) is 0 Å². The normalized spacial score (nSPS) is 10.8. The van der Waals surface area contributed by atoms with Gasteiger partial charge < -0.3 is 24.3 Å². The molecule has 0 saturated heterocycles. The van der Waals surface area contributed by atoms with E-state index in [0.717, 1.165) is 14.2 Å². The first kappa shape index (κ1) is 15.5. The minimum Gasteiger partial charge on any atom is -0.465 e. The summed E-state index contributed by atoms with van der Waals surface area (Å²) >= 11 is 0. The fourth-order valence-electron chi connectivity index (χ4n) is 1.22. The van der Waals surface area contributed by atoms with Gasteiger partial charge in [-0.1, -0.05) is 0 Å². The SMILES string of the molecule is COC(=O)c1c(OC(F)(F)F)cc(OC)nc1[N+](=O)[O-]. The second-order valence-electron chi connectivity index (χ2n) is 3.16. The van der Waals surface area contributed by atoms with Crippen LogP contribution in [0.25, 0.3) is 0 Å². The molecular formula is C9H7F3N2O6. The van der Waals surface area contributed by atoms with Crippen LogP contribution < -0.4 is 9.47 Å². The first-order chi connectivity index (χ1) is 9.19. The molecule has 1 rings (SSSR count). The lowest BCUT2D eigenvalue weighted by atomic mass is 10.2. The maximum atomic E-state index is 12.3. The van der Waals surface area contributed by atoms with Crippen molar-refractivity contribution in [2.75, 3.05) is 14.2 Å². The Morgan fingerprint density at radius 2 is 2.00 bits per heavy atom. The maximum absolute atomic E-state index is 12.3. The largest absolute Gasteiger partial charge is 0.573 e. The second kappa shape index (κ2) is 5.59. The number of nitro groups is 1. The van der Waals surface area contributed by atoms with Gasteiger partial charge in [-0.2, -0.15) is 0 Å². The van der Waals surface area contributed by atoms with Gasteiger partial charge in [-0.25, -0.2) is 4.79 Å². The zero-order valence-corrected chi connectivity index (χ0v) is 10.1. The number of halogens is 3. The van der Waals surface area contributed by atoms with Crippen molar-refractivity contribution in [2.24, 2.45) is 0 Å². The lowest BCUT2D eigenvalue weighted by Crippen LogP contribution is -2.20. The van der Waals surface area contributed by atoms with Gasteiger partial charge in [0.2, 0.25) is 0 Å². The number of nitrogens with zero attached hydrogens (tertiary/aromatic N) is 2. The van der Waals surface area contributed by atoms with Crippen LogP contribution >= 0.6 is 0 Å². The minimum atomic E-state index is -5.16. The molecule has 0 bridgehead atoms. The van der Waals surface area contributed by atoms with E-state index < -0.39 is 40.3 Å². The number of methoxy groups -OCH3 is 2. The van der Waals surface area contributed by atoms with Gasteiger partial charge in [-0.3, -0.25) is 0 Å². The van der Waals surface area contributed by atoms with Gasteiger partial charge in [-0.15, -0.1) is 13.2 Å². The molecule has 0 spiro atoms. The molecule has 0 aromatic carbocycles. The van der Waals surface area contributed by atoms with Gasteiger partial charge in [-0.05, 0) is 4.92 Å². The molecular weight excluding hydrogens is 289 g/mol. The molecule has 8 nitrogen and oxygen atoms in total.